The number of morpholine rings is 1. The molecule has 2 aromatic heterocycles. The first kappa shape index (κ1) is 22.8. The zero-order chi connectivity index (χ0) is 23.0. The summed E-state index contributed by atoms with van der Waals surface area (Å²) in [4.78, 5) is 15.4. The molecule has 4 rings (SSSR count). The standard InChI is InChI=1S/C22H27FN8O2/c1-15-11-20(30-29-15)27-22-26-19(6-5-16-3-2-4-17(23)12-16)25-21(28-22)24-13-18(32)14-31-7-9-33-10-8-31/h2-6,11-12,18,32H,7-10,13-14H2,1H3,(H3,24,25,26,27,28,29,30)/b6-5+. The highest BCUT2D eigenvalue weighted by atomic mass is 19.1. The molecule has 3 heterocycles. The second kappa shape index (κ2) is 10.9. The summed E-state index contributed by atoms with van der Waals surface area (Å²) >= 11 is 0. The van der Waals surface area contributed by atoms with Crippen LogP contribution in [0.5, 0.6) is 0 Å². The molecule has 0 radical (unpaired) electrons. The van der Waals surface area contributed by atoms with E-state index in [0.29, 0.717) is 48.9 Å². The number of nitrogens with one attached hydrogen (secondary N) is 3. The number of aliphatic hydroxyl groups is 1. The third kappa shape index (κ3) is 7.04. The highest BCUT2D eigenvalue weighted by Gasteiger charge is 2.15. The number of aliphatic hydroxyl groups excluding tert-OH is 1. The number of H-pyrrole nitrogens is 1. The number of ether oxygens (including phenoxy) is 1. The Bertz CT molecular complexity index is 1080. The number of aromatic amines is 1. The Morgan fingerprint density at radius 1 is 1.18 bits per heavy atom. The maximum atomic E-state index is 13.5. The van der Waals surface area contributed by atoms with Gasteiger partial charge >= 0.3 is 0 Å². The van der Waals surface area contributed by atoms with Gasteiger partial charge in [-0.2, -0.15) is 20.1 Å². The van der Waals surface area contributed by atoms with Gasteiger partial charge in [0.15, 0.2) is 11.6 Å². The summed E-state index contributed by atoms with van der Waals surface area (Å²) in [7, 11) is 0. The lowest BCUT2D eigenvalue weighted by atomic mass is 10.2. The van der Waals surface area contributed by atoms with E-state index >= 15 is 0 Å². The molecule has 1 atom stereocenters. The van der Waals surface area contributed by atoms with Crippen LogP contribution in [0.3, 0.4) is 0 Å². The van der Waals surface area contributed by atoms with Crippen LogP contribution in [0, 0.1) is 12.7 Å². The van der Waals surface area contributed by atoms with Crippen molar-refractivity contribution < 1.29 is 14.2 Å². The first-order valence-corrected chi connectivity index (χ1v) is 10.7. The second-order valence-electron chi connectivity index (χ2n) is 7.74. The van der Waals surface area contributed by atoms with Gasteiger partial charge in [0.2, 0.25) is 11.9 Å². The van der Waals surface area contributed by atoms with Crippen LogP contribution < -0.4 is 10.6 Å². The predicted octanol–water partition coefficient (Wildman–Crippen LogP) is 2.06. The van der Waals surface area contributed by atoms with Crippen molar-refractivity contribution in [3.8, 4) is 0 Å². The van der Waals surface area contributed by atoms with E-state index in [9.17, 15) is 9.50 Å². The first-order chi connectivity index (χ1) is 16.0. The molecule has 33 heavy (non-hydrogen) atoms. The topological polar surface area (TPSA) is 124 Å². The summed E-state index contributed by atoms with van der Waals surface area (Å²) in [5.41, 5.74) is 1.57. The van der Waals surface area contributed by atoms with Crippen LogP contribution in [0.2, 0.25) is 0 Å². The maximum Gasteiger partial charge on any atom is 0.233 e. The van der Waals surface area contributed by atoms with E-state index in [1.54, 1.807) is 24.3 Å². The molecule has 0 spiro atoms. The number of hydrogen-bond acceptors (Lipinski definition) is 9. The fraction of sp³-hybridized carbons (Fsp3) is 0.364. The fourth-order valence-electron chi connectivity index (χ4n) is 3.33. The molecule has 1 aromatic carbocycles. The van der Waals surface area contributed by atoms with Crippen molar-refractivity contribution >= 4 is 29.9 Å². The van der Waals surface area contributed by atoms with Gasteiger partial charge in [-0.05, 0) is 30.7 Å². The molecule has 1 fully saturated rings. The van der Waals surface area contributed by atoms with Crippen molar-refractivity contribution in [1.82, 2.24) is 30.0 Å². The van der Waals surface area contributed by atoms with E-state index in [1.807, 2.05) is 13.0 Å². The van der Waals surface area contributed by atoms with Crippen molar-refractivity contribution in [1.29, 1.82) is 0 Å². The summed E-state index contributed by atoms with van der Waals surface area (Å²) in [6, 6.07) is 8.06. The van der Waals surface area contributed by atoms with Crippen molar-refractivity contribution in [2.45, 2.75) is 13.0 Å². The minimum Gasteiger partial charge on any atom is -0.390 e. The van der Waals surface area contributed by atoms with Crippen molar-refractivity contribution in [2.75, 3.05) is 50.0 Å². The number of anilines is 3. The maximum absolute atomic E-state index is 13.5. The van der Waals surface area contributed by atoms with Gasteiger partial charge in [0.25, 0.3) is 0 Å². The van der Waals surface area contributed by atoms with E-state index in [2.05, 4.69) is 40.7 Å². The molecule has 174 valence electrons. The number of aryl methyl sites for hydroxylation is 1. The number of benzene rings is 1. The molecule has 3 aromatic rings. The van der Waals surface area contributed by atoms with E-state index in [4.69, 9.17) is 4.74 Å². The number of halogens is 1. The number of rotatable bonds is 9. The third-order valence-corrected chi connectivity index (χ3v) is 4.94. The molecule has 1 aliphatic heterocycles. The van der Waals surface area contributed by atoms with E-state index in [0.717, 1.165) is 18.8 Å². The van der Waals surface area contributed by atoms with Gasteiger partial charge < -0.3 is 20.5 Å². The lowest BCUT2D eigenvalue weighted by molar-refractivity contribution is 0.0171. The van der Waals surface area contributed by atoms with Gasteiger partial charge in [-0.3, -0.25) is 10.00 Å². The van der Waals surface area contributed by atoms with Gasteiger partial charge in [-0.25, -0.2) is 4.39 Å². The molecule has 1 saturated heterocycles. The first-order valence-electron chi connectivity index (χ1n) is 10.7. The smallest absolute Gasteiger partial charge is 0.233 e. The number of β-amino-alcohol motifs (C(OH)–C–C–N with tert-alkyl or cyclic N) is 1. The number of aromatic nitrogens is 5. The largest absolute Gasteiger partial charge is 0.390 e. The average Bonchev–Trinajstić information content (AvgIpc) is 3.21. The lowest BCUT2D eigenvalue weighted by Gasteiger charge is -2.28. The Morgan fingerprint density at radius 3 is 2.76 bits per heavy atom. The second-order valence-corrected chi connectivity index (χ2v) is 7.74. The average molecular weight is 455 g/mol. The normalized spacial score (nSPS) is 15.6. The van der Waals surface area contributed by atoms with Crippen LogP contribution in [0.25, 0.3) is 12.2 Å². The zero-order valence-corrected chi connectivity index (χ0v) is 18.3. The summed E-state index contributed by atoms with van der Waals surface area (Å²) in [5, 5.41) is 23.5. The summed E-state index contributed by atoms with van der Waals surface area (Å²) in [5.74, 6) is 1.21. The molecule has 0 amide bonds. The van der Waals surface area contributed by atoms with E-state index in [1.165, 1.54) is 12.1 Å². The molecule has 11 heteroatoms. The molecule has 1 unspecified atom stereocenters. The zero-order valence-electron chi connectivity index (χ0n) is 18.3. The van der Waals surface area contributed by atoms with Crippen LogP contribution in [-0.4, -0.2) is 80.7 Å². The summed E-state index contributed by atoms with van der Waals surface area (Å²) in [6.07, 6.45) is 2.79. The highest BCUT2D eigenvalue weighted by Crippen LogP contribution is 2.15. The van der Waals surface area contributed by atoms with Crippen molar-refractivity contribution in [3.63, 3.8) is 0 Å². The minimum absolute atomic E-state index is 0.273. The van der Waals surface area contributed by atoms with Crippen LogP contribution >= 0.6 is 0 Å². The van der Waals surface area contributed by atoms with Crippen LogP contribution in [0.1, 0.15) is 17.1 Å². The Balaban J connectivity index is 1.47. The highest BCUT2D eigenvalue weighted by molar-refractivity contribution is 5.67. The molecule has 0 aliphatic carbocycles. The van der Waals surface area contributed by atoms with E-state index < -0.39 is 6.10 Å². The molecule has 10 nitrogen and oxygen atoms in total. The molecule has 0 bridgehead atoms. The Morgan fingerprint density at radius 2 is 2.00 bits per heavy atom. The van der Waals surface area contributed by atoms with Gasteiger partial charge in [-0.1, -0.05) is 18.2 Å². The van der Waals surface area contributed by atoms with E-state index in [-0.39, 0.29) is 12.4 Å². The SMILES string of the molecule is Cc1cc(Nc2nc(/C=C/c3cccc(F)c3)nc(NCC(O)CN3CCOCC3)n2)n[nH]1. The Hall–Kier alpha value is -3.41. The van der Waals surface area contributed by atoms with Crippen molar-refractivity contribution in [3.05, 3.63) is 53.2 Å². The van der Waals surface area contributed by atoms with Crippen LogP contribution in [0.4, 0.5) is 22.1 Å². The number of hydrogen-bond donors (Lipinski definition) is 4. The van der Waals surface area contributed by atoms with Gasteiger partial charge in [-0.15, -0.1) is 0 Å². The van der Waals surface area contributed by atoms with Gasteiger partial charge in [0.1, 0.15) is 5.82 Å². The monoisotopic (exact) mass is 454 g/mol. The molecular formula is C22H27FN8O2. The van der Waals surface area contributed by atoms with Crippen molar-refractivity contribution in [2.24, 2.45) is 0 Å². The van der Waals surface area contributed by atoms with Crippen LogP contribution in [0.15, 0.2) is 30.3 Å². The third-order valence-electron chi connectivity index (χ3n) is 4.94. The minimum atomic E-state index is -0.600. The molecule has 4 N–H and O–H groups in total. The summed E-state index contributed by atoms with van der Waals surface area (Å²) < 4.78 is 18.8. The molecule has 1 aliphatic rings. The summed E-state index contributed by atoms with van der Waals surface area (Å²) in [6.45, 7) is 5.65. The fourth-order valence-corrected chi connectivity index (χ4v) is 3.33. The van der Waals surface area contributed by atoms with Crippen LogP contribution in [-0.2, 0) is 4.74 Å². The molecule has 0 saturated carbocycles. The molecular weight excluding hydrogens is 427 g/mol. The predicted molar refractivity (Wildman–Crippen MR) is 124 cm³/mol. The number of nitrogens with zero attached hydrogens (tertiary/aromatic N) is 5. The Kier molecular flexibility index (Phi) is 7.55. The Labute approximate surface area is 190 Å². The van der Waals surface area contributed by atoms with Gasteiger partial charge in [0, 0.05) is 37.9 Å². The lowest BCUT2D eigenvalue weighted by Crippen LogP contribution is -2.42. The quantitative estimate of drug-likeness (QED) is 0.385. The van der Waals surface area contributed by atoms with Gasteiger partial charge in [0.05, 0.1) is 19.3 Å².